The van der Waals surface area contributed by atoms with E-state index in [0.717, 1.165) is 29.9 Å². The van der Waals surface area contributed by atoms with Crippen LogP contribution in [-0.2, 0) is 13.5 Å². The number of imidazole rings is 1. The molecule has 0 aliphatic carbocycles. The van der Waals surface area contributed by atoms with Crippen molar-refractivity contribution in [1.29, 1.82) is 0 Å². The molecular weight excluding hydrogens is 254 g/mol. The van der Waals surface area contributed by atoms with E-state index in [1.807, 2.05) is 17.7 Å². The van der Waals surface area contributed by atoms with Gasteiger partial charge in [-0.1, -0.05) is 11.2 Å². The molecule has 0 amide bonds. The van der Waals surface area contributed by atoms with E-state index >= 15 is 0 Å². The van der Waals surface area contributed by atoms with E-state index in [-0.39, 0.29) is 0 Å². The summed E-state index contributed by atoms with van der Waals surface area (Å²) in [5.74, 6) is 1.08. The third-order valence-electron chi connectivity index (χ3n) is 3.54. The molecule has 6 nitrogen and oxygen atoms in total. The van der Waals surface area contributed by atoms with Crippen LogP contribution in [0.2, 0.25) is 0 Å². The Hall–Kier alpha value is -2.63. The average Bonchev–Trinajstić information content (AvgIpc) is 3.17. The Morgan fingerprint density at radius 2 is 2.30 bits per heavy atom. The fourth-order valence-electron chi connectivity index (χ4n) is 2.44. The van der Waals surface area contributed by atoms with Gasteiger partial charge in [-0.2, -0.15) is 4.98 Å². The SMILES string of the molecule is Cn1cncc1-c1noc(-c2ccc3c(c2)NCC3)n1. The summed E-state index contributed by atoms with van der Waals surface area (Å²) in [6, 6.07) is 6.19. The number of nitrogens with one attached hydrogen (secondary N) is 1. The molecule has 1 aliphatic heterocycles. The van der Waals surface area contributed by atoms with Gasteiger partial charge in [-0.25, -0.2) is 4.98 Å². The lowest BCUT2D eigenvalue weighted by atomic mass is 10.1. The molecule has 0 radical (unpaired) electrons. The molecule has 6 heteroatoms. The predicted octanol–water partition coefficient (Wildman–Crippen LogP) is 2.11. The van der Waals surface area contributed by atoms with Crippen LogP contribution in [0.3, 0.4) is 0 Å². The van der Waals surface area contributed by atoms with Crippen LogP contribution in [0, 0.1) is 0 Å². The second kappa shape index (κ2) is 4.19. The number of aryl methyl sites for hydroxylation is 1. The van der Waals surface area contributed by atoms with Gasteiger partial charge in [0.05, 0.1) is 12.5 Å². The molecule has 0 saturated heterocycles. The Labute approximate surface area is 115 Å². The smallest absolute Gasteiger partial charge is 0.258 e. The first-order chi connectivity index (χ1) is 9.81. The number of fused-ring (bicyclic) bond motifs is 1. The van der Waals surface area contributed by atoms with Crippen LogP contribution >= 0.6 is 0 Å². The lowest BCUT2D eigenvalue weighted by Crippen LogP contribution is -1.91. The number of hydrogen-bond donors (Lipinski definition) is 1. The van der Waals surface area contributed by atoms with Crippen LogP contribution in [0.5, 0.6) is 0 Å². The van der Waals surface area contributed by atoms with Gasteiger partial charge in [0.2, 0.25) is 5.82 Å². The van der Waals surface area contributed by atoms with Crippen molar-refractivity contribution in [3.8, 4) is 23.0 Å². The van der Waals surface area contributed by atoms with Crippen molar-refractivity contribution in [2.45, 2.75) is 6.42 Å². The Morgan fingerprint density at radius 1 is 1.35 bits per heavy atom. The second-order valence-corrected chi connectivity index (χ2v) is 4.86. The maximum absolute atomic E-state index is 5.36. The third kappa shape index (κ3) is 1.69. The van der Waals surface area contributed by atoms with Crippen LogP contribution < -0.4 is 5.32 Å². The van der Waals surface area contributed by atoms with Crippen molar-refractivity contribution in [1.82, 2.24) is 19.7 Å². The molecule has 2 aromatic heterocycles. The zero-order valence-electron chi connectivity index (χ0n) is 11.0. The summed E-state index contributed by atoms with van der Waals surface area (Å²) in [7, 11) is 1.90. The number of hydrogen-bond acceptors (Lipinski definition) is 5. The summed E-state index contributed by atoms with van der Waals surface area (Å²) in [6.45, 7) is 0.989. The Balaban J connectivity index is 1.73. The zero-order valence-corrected chi connectivity index (χ0v) is 11.0. The quantitative estimate of drug-likeness (QED) is 0.770. The Morgan fingerprint density at radius 3 is 3.15 bits per heavy atom. The summed E-state index contributed by atoms with van der Waals surface area (Å²) in [4.78, 5) is 8.50. The highest BCUT2D eigenvalue weighted by Gasteiger charge is 2.16. The lowest BCUT2D eigenvalue weighted by Gasteiger charge is -2.00. The lowest BCUT2D eigenvalue weighted by molar-refractivity contribution is 0.432. The van der Waals surface area contributed by atoms with Gasteiger partial charge >= 0.3 is 0 Å². The molecule has 1 aromatic carbocycles. The van der Waals surface area contributed by atoms with Crippen LogP contribution in [0.4, 0.5) is 5.69 Å². The molecular formula is C14H13N5O. The van der Waals surface area contributed by atoms with E-state index in [9.17, 15) is 0 Å². The van der Waals surface area contributed by atoms with Crippen LogP contribution in [-0.4, -0.2) is 26.2 Å². The molecule has 4 rings (SSSR count). The molecule has 0 atom stereocenters. The zero-order chi connectivity index (χ0) is 13.5. The third-order valence-corrected chi connectivity index (χ3v) is 3.54. The number of aromatic nitrogens is 4. The van der Waals surface area contributed by atoms with Crippen molar-refractivity contribution in [2.75, 3.05) is 11.9 Å². The van der Waals surface area contributed by atoms with E-state index in [1.165, 1.54) is 5.56 Å². The first kappa shape index (κ1) is 11.2. The molecule has 0 unspecified atom stereocenters. The summed E-state index contributed by atoms with van der Waals surface area (Å²) < 4.78 is 7.22. The van der Waals surface area contributed by atoms with Gasteiger partial charge in [0.25, 0.3) is 5.89 Å². The van der Waals surface area contributed by atoms with Crippen LogP contribution in [0.25, 0.3) is 23.0 Å². The van der Waals surface area contributed by atoms with Crippen LogP contribution in [0.15, 0.2) is 35.2 Å². The number of rotatable bonds is 2. The van der Waals surface area contributed by atoms with Crippen LogP contribution in [0.1, 0.15) is 5.56 Å². The minimum absolute atomic E-state index is 0.526. The normalized spacial score (nSPS) is 13.2. The molecule has 3 aromatic rings. The predicted molar refractivity (Wildman–Crippen MR) is 74.1 cm³/mol. The first-order valence-corrected chi connectivity index (χ1v) is 6.49. The second-order valence-electron chi connectivity index (χ2n) is 4.86. The largest absolute Gasteiger partial charge is 0.384 e. The van der Waals surface area contributed by atoms with E-state index < -0.39 is 0 Å². The van der Waals surface area contributed by atoms with Gasteiger partial charge in [-0.15, -0.1) is 0 Å². The Kier molecular flexibility index (Phi) is 2.35. The van der Waals surface area contributed by atoms with Crippen molar-refractivity contribution < 1.29 is 4.52 Å². The highest BCUT2D eigenvalue weighted by Crippen LogP contribution is 2.29. The monoisotopic (exact) mass is 267 g/mol. The molecule has 1 N–H and O–H groups in total. The van der Waals surface area contributed by atoms with E-state index in [4.69, 9.17) is 4.52 Å². The summed E-state index contributed by atoms with van der Waals surface area (Å²) in [5.41, 5.74) is 4.25. The molecule has 1 aliphatic rings. The molecule has 100 valence electrons. The maximum atomic E-state index is 5.36. The van der Waals surface area contributed by atoms with Crippen molar-refractivity contribution in [3.05, 3.63) is 36.3 Å². The molecule has 0 fully saturated rings. The number of benzene rings is 1. The average molecular weight is 267 g/mol. The van der Waals surface area contributed by atoms with Gasteiger partial charge in [-0.3, -0.25) is 0 Å². The molecule has 0 bridgehead atoms. The highest BCUT2D eigenvalue weighted by molar-refractivity contribution is 5.67. The Bertz CT molecular complexity index is 773. The van der Waals surface area contributed by atoms with Crippen molar-refractivity contribution >= 4 is 5.69 Å². The topological polar surface area (TPSA) is 68.8 Å². The number of nitrogens with zero attached hydrogens (tertiary/aromatic N) is 4. The van der Waals surface area contributed by atoms with Crippen molar-refractivity contribution in [2.24, 2.45) is 7.05 Å². The van der Waals surface area contributed by atoms with E-state index in [0.29, 0.717) is 11.7 Å². The van der Waals surface area contributed by atoms with Gasteiger partial charge in [0, 0.05) is 24.8 Å². The van der Waals surface area contributed by atoms with Gasteiger partial charge in [-0.05, 0) is 24.1 Å². The first-order valence-electron chi connectivity index (χ1n) is 6.49. The van der Waals surface area contributed by atoms with E-state index in [2.05, 4.69) is 32.6 Å². The highest BCUT2D eigenvalue weighted by atomic mass is 16.5. The van der Waals surface area contributed by atoms with Crippen molar-refractivity contribution in [3.63, 3.8) is 0 Å². The van der Waals surface area contributed by atoms with Gasteiger partial charge in [0.1, 0.15) is 5.69 Å². The minimum atomic E-state index is 0.526. The molecule has 3 heterocycles. The molecule has 0 saturated carbocycles. The van der Waals surface area contributed by atoms with Gasteiger partial charge < -0.3 is 14.4 Å². The fraction of sp³-hybridized carbons (Fsp3) is 0.214. The minimum Gasteiger partial charge on any atom is -0.384 e. The number of anilines is 1. The summed E-state index contributed by atoms with van der Waals surface area (Å²) in [5, 5.41) is 7.37. The molecule has 20 heavy (non-hydrogen) atoms. The molecule has 0 spiro atoms. The van der Waals surface area contributed by atoms with Gasteiger partial charge in [0.15, 0.2) is 0 Å². The summed E-state index contributed by atoms with van der Waals surface area (Å²) >= 11 is 0. The maximum Gasteiger partial charge on any atom is 0.258 e. The van der Waals surface area contributed by atoms with E-state index in [1.54, 1.807) is 12.5 Å². The standard InChI is InChI=1S/C14H13N5O/c1-19-8-15-7-12(19)13-17-14(20-18-13)10-3-2-9-4-5-16-11(9)6-10/h2-3,6-8,16H,4-5H2,1H3. The summed E-state index contributed by atoms with van der Waals surface area (Å²) in [6.07, 6.45) is 4.50. The fourth-order valence-corrected chi connectivity index (χ4v) is 2.44.